The molecule has 0 unspecified atom stereocenters. The first kappa shape index (κ1) is 18.5. The highest BCUT2D eigenvalue weighted by Gasteiger charge is 2.08. The minimum atomic E-state index is -0.320. The maximum absolute atomic E-state index is 2.60. The average Bonchev–Trinajstić information content (AvgIpc) is 2.38. The Morgan fingerprint density at radius 1 is 0.500 bits per heavy atom. The highest BCUT2D eigenvalue weighted by Crippen LogP contribution is 2.14. The van der Waals surface area contributed by atoms with Crippen LogP contribution in [0.4, 0.5) is 0 Å². The van der Waals surface area contributed by atoms with E-state index >= 15 is 0 Å². The fraction of sp³-hybridized carbons (Fsp3) is 1.00. The molecule has 0 saturated carbocycles. The van der Waals surface area contributed by atoms with Gasteiger partial charge in [0.2, 0.25) is 0 Å². The molecule has 0 aromatic heterocycles. The third-order valence-corrected chi connectivity index (χ3v) is 6.89. The van der Waals surface area contributed by atoms with Crippen LogP contribution < -0.4 is 0 Å². The van der Waals surface area contributed by atoms with Gasteiger partial charge in [-0.05, 0) is 0 Å². The SMILES string of the molecule is CCCCCCC[CH2][Al]([CH3])[CH2]CCCCCCC. The summed E-state index contributed by atoms with van der Waals surface area (Å²) in [6, 6.07) is 0. The lowest BCUT2D eigenvalue weighted by Gasteiger charge is -2.06. The quantitative estimate of drug-likeness (QED) is 0.239. The van der Waals surface area contributed by atoms with E-state index in [1.165, 1.54) is 77.0 Å². The Morgan fingerprint density at radius 3 is 1.22 bits per heavy atom. The molecule has 0 atom stereocenters. The molecular formula is C17H37Al. The monoisotopic (exact) mass is 268 g/mol. The van der Waals surface area contributed by atoms with Gasteiger partial charge >= 0.3 is 0 Å². The van der Waals surface area contributed by atoms with E-state index in [0.717, 1.165) is 0 Å². The molecule has 0 rings (SSSR count). The summed E-state index contributed by atoms with van der Waals surface area (Å²) in [4.78, 5) is 0. The van der Waals surface area contributed by atoms with E-state index in [9.17, 15) is 0 Å². The summed E-state index contributed by atoms with van der Waals surface area (Å²) < 4.78 is 0. The first-order valence-corrected chi connectivity index (χ1v) is 11.6. The molecule has 0 radical (unpaired) electrons. The third-order valence-electron chi connectivity index (χ3n) is 4.10. The van der Waals surface area contributed by atoms with E-state index in [1.54, 1.807) is 10.6 Å². The molecule has 1 heteroatoms. The molecule has 0 aromatic rings. The molecule has 0 aliphatic rings. The minimum absolute atomic E-state index is 0.320. The highest BCUT2D eigenvalue weighted by atomic mass is 27.2. The Bertz CT molecular complexity index is 129. The molecule has 0 nitrogen and oxygen atoms in total. The van der Waals surface area contributed by atoms with Crippen molar-refractivity contribution in [2.45, 2.75) is 107 Å². The van der Waals surface area contributed by atoms with E-state index in [2.05, 4.69) is 19.6 Å². The Balaban J connectivity index is 3.10. The van der Waals surface area contributed by atoms with Crippen LogP contribution in [-0.4, -0.2) is 14.1 Å². The summed E-state index contributed by atoms with van der Waals surface area (Å²) in [5.74, 6) is 2.60. The van der Waals surface area contributed by atoms with Crippen LogP contribution in [0.15, 0.2) is 0 Å². The van der Waals surface area contributed by atoms with Crippen LogP contribution in [0.1, 0.15) is 90.9 Å². The Morgan fingerprint density at radius 2 is 0.833 bits per heavy atom. The largest absolute Gasteiger partial charge is 0.258 e. The summed E-state index contributed by atoms with van der Waals surface area (Å²) >= 11 is -0.320. The normalized spacial score (nSPS) is 10.8. The van der Waals surface area contributed by atoms with Crippen LogP contribution in [0.2, 0.25) is 16.4 Å². The van der Waals surface area contributed by atoms with Gasteiger partial charge < -0.3 is 0 Å². The topological polar surface area (TPSA) is 0 Å². The van der Waals surface area contributed by atoms with Gasteiger partial charge in [-0.1, -0.05) is 101 Å². The number of hydrogen-bond acceptors (Lipinski definition) is 0. The van der Waals surface area contributed by atoms with Gasteiger partial charge in [-0.2, -0.15) is 0 Å². The summed E-state index contributed by atoms with van der Waals surface area (Å²) in [6.07, 6.45) is 17.7. The number of unbranched alkanes of at least 4 members (excludes halogenated alkanes) is 10. The highest BCUT2D eigenvalue weighted by molar-refractivity contribution is 6.57. The lowest BCUT2D eigenvalue weighted by atomic mass is 10.1. The van der Waals surface area contributed by atoms with Gasteiger partial charge in [-0.15, -0.1) is 5.79 Å². The van der Waals surface area contributed by atoms with E-state index in [4.69, 9.17) is 0 Å². The zero-order valence-corrected chi connectivity index (χ0v) is 14.6. The van der Waals surface area contributed by atoms with Crippen molar-refractivity contribution >= 4 is 14.1 Å². The average molecular weight is 268 g/mol. The second-order valence-corrected chi connectivity index (χ2v) is 9.58. The van der Waals surface area contributed by atoms with E-state index in [1.807, 2.05) is 0 Å². The second kappa shape index (κ2) is 15.6. The molecule has 0 saturated heterocycles. The van der Waals surface area contributed by atoms with Crippen LogP contribution in [0, 0.1) is 0 Å². The van der Waals surface area contributed by atoms with Crippen LogP contribution >= 0.6 is 0 Å². The minimum Gasteiger partial charge on any atom is -0.106 e. The summed E-state index contributed by atoms with van der Waals surface area (Å²) in [5.41, 5.74) is 0. The number of rotatable bonds is 14. The molecule has 0 N–H and O–H groups in total. The standard InChI is InChI=1S/2C8H17.CH3.Al/c2*1-3-5-7-8-6-4-2;;/h2*1,3-8H2,2H3;1H3;. The van der Waals surface area contributed by atoms with Crippen molar-refractivity contribution in [2.75, 3.05) is 0 Å². The lowest BCUT2D eigenvalue weighted by Crippen LogP contribution is -2.05. The fourth-order valence-corrected chi connectivity index (χ4v) is 4.95. The summed E-state index contributed by atoms with van der Waals surface area (Å²) in [6.45, 7) is 4.60. The Labute approximate surface area is 121 Å². The lowest BCUT2D eigenvalue weighted by molar-refractivity contribution is 0.617. The molecular weight excluding hydrogens is 231 g/mol. The van der Waals surface area contributed by atoms with Crippen molar-refractivity contribution in [2.24, 2.45) is 0 Å². The molecule has 0 heterocycles. The van der Waals surface area contributed by atoms with E-state index in [-0.39, 0.29) is 14.1 Å². The molecule has 18 heavy (non-hydrogen) atoms. The first-order valence-electron chi connectivity index (χ1n) is 8.81. The van der Waals surface area contributed by atoms with Crippen LogP contribution in [0.5, 0.6) is 0 Å². The maximum atomic E-state index is 2.60. The molecule has 0 bridgehead atoms. The first-order chi connectivity index (χ1) is 8.81. The van der Waals surface area contributed by atoms with Gasteiger partial charge in [0.1, 0.15) is 0 Å². The van der Waals surface area contributed by atoms with Gasteiger partial charge in [0, 0.05) is 0 Å². The molecule has 0 spiro atoms. The van der Waals surface area contributed by atoms with Crippen molar-refractivity contribution in [1.29, 1.82) is 0 Å². The molecule has 0 aliphatic heterocycles. The van der Waals surface area contributed by atoms with Gasteiger partial charge in [0.25, 0.3) is 14.1 Å². The van der Waals surface area contributed by atoms with Crippen LogP contribution in [0.3, 0.4) is 0 Å². The van der Waals surface area contributed by atoms with Crippen molar-refractivity contribution in [3.8, 4) is 0 Å². The zero-order chi connectivity index (χ0) is 13.5. The third kappa shape index (κ3) is 14.6. The fourth-order valence-electron chi connectivity index (χ4n) is 2.69. The van der Waals surface area contributed by atoms with E-state index in [0.29, 0.717) is 0 Å². The van der Waals surface area contributed by atoms with E-state index < -0.39 is 0 Å². The maximum Gasteiger partial charge on any atom is 0.258 e. The molecule has 0 aromatic carbocycles. The van der Waals surface area contributed by atoms with Gasteiger partial charge in [0.15, 0.2) is 0 Å². The molecule has 0 fully saturated rings. The number of hydrogen-bond donors (Lipinski definition) is 0. The van der Waals surface area contributed by atoms with Gasteiger partial charge in [-0.3, -0.25) is 0 Å². The molecule has 108 valence electrons. The van der Waals surface area contributed by atoms with Crippen LogP contribution in [0.25, 0.3) is 0 Å². The van der Waals surface area contributed by atoms with Crippen molar-refractivity contribution in [1.82, 2.24) is 0 Å². The van der Waals surface area contributed by atoms with Crippen molar-refractivity contribution in [3.63, 3.8) is 0 Å². The zero-order valence-electron chi connectivity index (χ0n) is 13.5. The Hall–Kier alpha value is 0.532. The van der Waals surface area contributed by atoms with Gasteiger partial charge in [0.05, 0.1) is 0 Å². The summed E-state index contributed by atoms with van der Waals surface area (Å²) in [7, 11) is 0. The van der Waals surface area contributed by atoms with Crippen molar-refractivity contribution < 1.29 is 0 Å². The second-order valence-electron chi connectivity index (χ2n) is 6.22. The van der Waals surface area contributed by atoms with Crippen molar-refractivity contribution in [3.05, 3.63) is 0 Å². The molecule has 0 aliphatic carbocycles. The molecule has 0 amide bonds. The summed E-state index contributed by atoms with van der Waals surface area (Å²) in [5, 5.41) is 3.22. The smallest absolute Gasteiger partial charge is 0.106 e. The predicted octanol–water partition coefficient (Wildman–Crippen LogP) is 6.83. The Kier molecular flexibility index (Phi) is 16.1. The van der Waals surface area contributed by atoms with Gasteiger partial charge in [-0.25, -0.2) is 0 Å². The van der Waals surface area contributed by atoms with Crippen LogP contribution in [-0.2, 0) is 0 Å². The predicted molar refractivity (Wildman–Crippen MR) is 88.0 cm³/mol.